The number of hydrogen-bond donors (Lipinski definition) is 1. The zero-order chi connectivity index (χ0) is 34.7. The Morgan fingerprint density at radius 2 is 1.90 bits per heavy atom. The number of piperidine rings is 1. The van der Waals surface area contributed by atoms with Gasteiger partial charge >= 0.3 is 0 Å². The second-order valence-electron chi connectivity index (χ2n) is 12.8. The van der Waals surface area contributed by atoms with Crippen LogP contribution in [-0.2, 0) is 4.79 Å². The summed E-state index contributed by atoms with van der Waals surface area (Å²) in [6.07, 6.45) is 8.58. The van der Waals surface area contributed by atoms with Gasteiger partial charge in [-0.1, -0.05) is 38.8 Å². The van der Waals surface area contributed by atoms with E-state index in [2.05, 4.69) is 34.8 Å². The third kappa shape index (κ3) is 6.83. The van der Waals surface area contributed by atoms with Crippen molar-refractivity contribution in [2.24, 2.45) is 5.41 Å². The van der Waals surface area contributed by atoms with Crippen LogP contribution in [0.25, 0.3) is 22.3 Å². The molecule has 0 bridgehead atoms. The summed E-state index contributed by atoms with van der Waals surface area (Å²) in [4.78, 5) is 26.5. The van der Waals surface area contributed by atoms with Crippen molar-refractivity contribution in [3.63, 3.8) is 0 Å². The van der Waals surface area contributed by atoms with E-state index >= 15 is 4.39 Å². The van der Waals surface area contributed by atoms with E-state index < -0.39 is 17.5 Å². The van der Waals surface area contributed by atoms with Crippen LogP contribution < -0.4 is 10.5 Å². The quantitative estimate of drug-likeness (QED) is 0.144. The average Bonchev–Trinajstić information content (AvgIpc) is 3.74. The highest BCUT2D eigenvalue weighted by Crippen LogP contribution is 2.42. The van der Waals surface area contributed by atoms with E-state index in [-0.39, 0.29) is 58.1 Å². The third-order valence-corrected chi connectivity index (χ3v) is 9.72. The van der Waals surface area contributed by atoms with Gasteiger partial charge in [-0.05, 0) is 63.0 Å². The molecule has 1 saturated carbocycles. The van der Waals surface area contributed by atoms with Crippen LogP contribution in [0.15, 0.2) is 54.4 Å². The lowest BCUT2D eigenvalue weighted by Gasteiger charge is -2.34. The van der Waals surface area contributed by atoms with Crippen molar-refractivity contribution in [2.45, 2.75) is 58.4 Å². The predicted octanol–water partition coefficient (Wildman–Crippen LogP) is 6.80. The number of carbonyl (C=O) groups is 1. The molecule has 0 radical (unpaired) electrons. The molecule has 1 amide bonds. The number of amides is 1. The van der Waals surface area contributed by atoms with Gasteiger partial charge < -0.3 is 20.3 Å². The van der Waals surface area contributed by atoms with Crippen molar-refractivity contribution in [1.29, 1.82) is 5.26 Å². The van der Waals surface area contributed by atoms with Crippen LogP contribution >= 0.6 is 0 Å². The molecule has 49 heavy (non-hydrogen) atoms. The topological polar surface area (TPSA) is 126 Å². The lowest BCUT2D eigenvalue weighted by Crippen LogP contribution is -2.42. The number of ether oxygens (including phenoxy) is 1. The highest BCUT2D eigenvalue weighted by molar-refractivity contribution is 5.99. The number of benzene rings is 2. The van der Waals surface area contributed by atoms with Crippen molar-refractivity contribution >= 4 is 22.8 Å². The molecule has 13 heteroatoms. The highest BCUT2D eigenvalue weighted by atomic mass is 19.2. The Morgan fingerprint density at radius 1 is 1.12 bits per heavy atom. The second kappa shape index (κ2) is 14.3. The summed E-state index contributed by atoms with van der Waals surface area (Å²) in [6.45, 7) is 7.63. The maximum Gasteiger partial charge on any atom is 0.264 e. The van der Waals surface area contributed by atoms with Crippen LogP contribution in [-0.4, -0.2) is 68.2 Å². The van der Waals surface area contributed by atoms with Gasteiger partial charge in [0.1, 0.15) is 41.0 Å². The Kier molecular flexibility index (Phi) is 9.87. The molecule has 256 valence electrons. The van der Waals surface area contributed by atoms with Crippen molar-refractivity contribution < 1.29 is 22.7 Å². The number of nitrogens with zero attached hydrogens (tertiary/aromatic N) is 7. The van der Waals surface area contributed by atoms with Gasteiger partial charge in [-0.2, -0.15) is 14.8 Å². The van der Waals surface area contributed by atoms with Gasteiger partial charge in [0.25, 0.3) is 5.91 Å². The van der Waals surface area contributed by atoms with Crippen LogP contribution in [0.2, 0.25) is 0 Å². The lowest BCUT2D eigenvalue weighted by molar-refractivity contribution is -0.128. The number of halogens is 3. The molecule has 2 N–H and O–H groups in total. The monoisotopic (exact) mass is 672 g/mol. The fraction of sp³-hybridized carbons (Fsp3) is 0.417. The van der Waals surface area contributed by atoms with Crippen molar-refractivity contribution in [1.82, 2.24) is 29.5 Å². The number of rotatable bonds is 10. The standard InChI is InChI=1S/C36H39F3N8O2/c1-3-45(4-2)21-36(14-5-6-15-36)18-23(19-40)35(48)46-16-8-9-24(20-46)47-34-30(33(41)42-22-43-34)32(44-47)26-13-12-25(17-28(26)38)49-29-11-7-10-27(37)31(29)39/h7,10-13,17-18,22,24H,3-6,8-9,14-16,20-21H2,1-2H3,(H2,41,42,43)/t24-/m0/s1. The van der Waals surface area contributed by atoms with Gasteiger partial charge in [-0.25, -0.2) is 23.4 Å². The zero-order valence-electron chi connectivity index (χ0n) is 27.6. The van der Waals surface area contributed by atoms with Crippen LogP contribution in [0.1, 0.15) is 58.4 Å². The van der Waals surface area contributed by atoms with Gasteiger partial charge in [0.2, 0.25) is 5.82 Å². The molecule has 2 aromatic heterocycles. The molecule has 1 atom stereocenters. The van der Waals surface area contributed by atoms with Crippen LogP contribution in [0.5, 0.6) is 11.5 Å². The zero-order valence-corrected chi connectivity index (χ0v) is 27.6. The van der Waals surface area contributed by atoms with Gasteiger partial charge in [0, 0.05) is 36.7 Å². The molecule has 0 spiro atoms. The van der Waals surface area contributed by atoms with E-state index in [1.807, 2.05) is 6.08 Å². The minimum Gasteiger partial charge on any atom is -0.454 e. The molecule has 1 aliphatic carbocycles. The van der Waals surface area contributed by atoms with Gasteiger partial charge in [-0.3, -0.25) is 4.79 Å². The first kappa shape index (κ1) is 33.9. The fourth-order valence-electron chi connectivity index (χ4n) is 7.16. The maximum absolute atomic E-state index is 15.7. The number of likely N-dealkylation sites (tertiary alicyclic amines) is 1. The number of aromatic nitrogens is 4. The fourth-order valence-corrected chi connectivity index (χ4v) is 7.16. The van der Waals surface area contributed by atoms with Crippen LogP contribution in [0, 0.1) is 34.2 Å². The number of nitriles is 1. The average molecular weight is 673 g/mol. The molecule has 10 nitrogen and oxygen atoms in total. The van der Waals surface area contributed by atoms with Gasteiger partial charge in [0.15, 0.2) is 17.2 Å². The van der Waals surface area contributed by atoms with Crippen molar-refractivity contribution in [2.75, 3.05) is 38.5 Å². The molecule has 1 aliphatic heterocycles. The molecule has 2 fully saturated rings. The van der Waals surface area contributed by atoms with E-state index in [4.69, 9.17) is 15.6 Å². The molecule has 2 aromatic carbocycles. The number of hydrogen-bond acceptors (Lipinski definition) is 8. The van der Waals surface area contributed by atoms with E-state index in [9.17, 15) is 18.8 Å². The molecule has 2 aliphatic rings. The van der Waals surface area contributed by atoms with E-state index in [0.29, 0.717) is 30.4 Å². The Bertz CT molecular complexity index is 1930. The first-order valence-corrected chi connectivity index (χ1v) is 16.7. The molecular weight excluding hydrogens is 633 g/mol. The summed E-state index contributed by atoms with van der Waals surface area (Å²) in [5, 5.41) is 15.3. The molecular formula is C36H39F3N8O2. The predicted molar refractivity (Wildman–Crippen MR) is 179 cm³/mol. The number of fused-ring (bicyclic) bond motifs is 1. The van der Waals surface area contributed by atoms with Gasteiger partial charge in [-0.15, -0.1) is 0 Å². The number of carbonyl (C=O) groups excluding carboxylic acids is 1. The second-order valence-corrected chi connectivity index (χ2v) is 12.8. The highest BCUT2D eigenvalue weighted by Gasteiger charge is 2.36. The van der Waals surface area contributed by atoms with Gasteiger partial charge in [0.05, 0.1) is 11.4 Å². The summed E-state index contributed by atoms with van der Waals surface area (Å²) in [7, 11) is 0. The molecule has 4 aromatic rings. The first-order valence-electron chi connectivity index (χ1n) is 16.7. The third-order valence-electron chi connectivity index (χ3n) is 9.72. The lowest BCUT2D eigenvalue weighted by atomic mass is 9.83. The SMILES string of the molecule is CCN(CC)CC1(C=C(C#N)C(=O)N2CCC[C@H](n3nc(-c4ccc(Oc5cccc(F)c5F)cc4F)c4c(N)ncnc43)C2)CCCC1. The summed E-state index contributed by atoms with van der Waals surface area (Å²) < 4.78 is 50.6. The summed E-state index contributed by atoms with van der Waals surface area (Å²) in [5.74, 6) is -3.64. The van der Waals surface area contributed by atoms with Crippen LogP contribution in [0.3, 0.4) is 0 Å². The number of nitrogen functional groups attached to an aromatic ring is 1. The van der Waals surface area contributed by atoms with Crippen molar-refractivity contribution in [3.8, 4) is 28.8 Å². The Morgan fingerprint density at radius 3 is 2.61 bits per heavy atom. The van der Waals surface area contributed by atoms with E-state index in [1.165, 1.54) is 30.6 Å². The Balaban J connectivity index is 1.29. The Hall–Kier alpha value is -4.96. The minimum absolute atomic E-state index is 0.0435. The number of anilines is 1. The smallest absolute Gasteiger partial charge is 0.264 e. The van der Waals surface area contributed by atoms with E-state index in [0.717, 1.165) is 57.5 Å². The molecule has 6 rings (SSSR count). The Labute approximate surface area is 283 Å². The minimum atomic E-state index is -1.18. The normalized spacial score (nSPS) is 17.9. The number of nitrogens with two attached hydrogens (primary N) is 1. The first-order chi connectivity index (χ1) is 23.7. The van der Waals surface area contributed by atoms with Crippen LogP contribution in [0.4, 0.5) is 19.0 Å². The summed E-state index contributed by atoms with van der Waals surface area (Å²) in [5.41, 5.74) is 6.88. The van der Waals surface area contributed by atoms with Crippen molar-refractivity contribution in [3.05, 3.63) is 71.8 Å². The molecule has 0 unspecified atom stereocenters. The molecule has 3 heterocycles. The summed E-state index contributed by atoms with van der Waals surface area (Å²) >= 11 is 0. The van der Waals surface area contributed by atoms with E-state index in [1.54, 1.807) is 9.58 Å². The molecule has 1 saturated heterocycles. The maximum atomic E-state index is 15.7. The summed E-state index contributed by atoms with van der Waals surface area (Å²) in [6, 6.07) is 9.25. The largest absolute Gasteiger partial charge is 0.454 e.